The molecule has 0 saturated carbocycles. The Labute approximate surface area is 84.0 Å². The first-order valence-corrected chi connectivity index (χ1v) is 3.85. The molecular weight excluding hydrogens is 212 g/mol. The first-order valence-electron chi connectivity index (χ1n) is 3.85. The van der Waals surface area contributed by atoms with E-state index in [9.17, 15) is 9.59 Å². The normalized spacial score (nSPS) is 21.1. The number of rotatable bonds is 5. The summed E-state index contributed by atoms with van der Waals surface area (Å²) in [6.45, 7) is 0.664. The summed E-state index contributed by atoms with van der Waals surface area (Å²) >= 11 is 0. The van der Waals surface area contributed by atoms with E-state index in [1.807, 2.05) is 0 Å². The lowest BCUT2D eigenvalue weighted by Crippen LogP contribution is -2.56. The highest BCUT2D eigenvalue weighted by Crippen LogP contribution is 2.16. The molecular formula is C7H12O8. The van der Waals surface area contributed by atoms with Gasteiger partial charge in [-0.15, -0.1) is 0 Å². The van der Waals surface area contributed by atoms with Gasteiger partial charge in [-0.25, -0.2) is 9.59 Å². The Kier molecular flexibility index (Phi) is 4.16. The Morgan fingerprint density at radius 1 is 1.13 bits per heavy atom. The SMILES string of the molecule is CC(O)(C(=O)O)C(O)C(O)C(O)C(=O)O. The van der Waals surface area contributed by atoms with Gasteiger partial charge >= 0.3 is 11.9 Å². The van der Waals surface area contributed by atoms with Gasteiger partial charge in [-0.1, -0.05) is 0 Å². The molecule has 0 aliphatic carbocycles. The van der Waals surface area contributed by atoms with E-state index in [4.69, 9.17) is 30.6 Å². The van der Waals surface area contributed by atoms with Gasteiger partial charge in [0, 0.05) is 0 Å². The van der Waals surface area contributed by atoms with E-state index in [0.717, 1.165) is 0 Å². The molecule has 0 spiro atoms. The van der Waals surface area contributed by atoms with Crippen LogP contribution in [0.3, 0.4) is 0 Å². The predicted molar refractivity (Wildman–Crippen MR) is 43.9 cm³/mol. The Morgan fingerprint density at radius 2 is 1.53 bits per heavy atom. The monoisotopic (exact) mass is 224 g/mol. The van der Waals surface area contributed by atoms with E-state index in [1.165, 1.54) is 0 Å². The zero-order valence-corrected chi connectivity index (χ0v) is 7.73. The van der Waals surface area contributed by atoms with Crippen LogP contribution in [0, 0.1) is 0 Å². The third kappa shape index (κ3) is 2.86. The highest BCUT2D eigenvalue weighted by Gasteiger charge is 2.46. The topological polar surface area (TPSA) is 156 Å². The number of carbonyl (C=O) groups is 2. The maximum Gasteiger partial charge on any atom is 0.338 e. The second kappa shape index (κ2) is 4.53. The van der Waals surface area contributed by atoms with E-state index in [1.54, 1.807) is 0 Å². The molecule has 0 amide bonds. The quantitative estimate of drug-likeness (QED) is 0.288. The Hall–Kier alpha value is -1.22. The van der Waals surface area contributed by atoms with Crippen molar-refractivity contribution in [2.75, 3.05) is 0 Å². The summed E-state index contributed by atoms with van der Waals surface area (Å²) < 4.78 is 0. The van der Waals surface area contributed by atoms with Gasteiger partial charge in [-0.05, 0) is 6.92 Å². The minimum absolute atomic E-state index is 0.664. The maximum atomic E-state index is 10.4. The highest BCUT2D eigenvalue weighted by atomic mass is 16.4. The molecule has 15 heavy (non-hydrogen) atoms. The lowest BCUT2D eigenvalue weighted by Gasteiger charge is -2.29. The van der Waals surface area contributed by atoms with Crippen molar-refractivity contribution in [1.29, 1.82) is 0 Å². The fourth-order valence-corrected chi connectivity index (χ4v) is 0.778. The minimum Gasteiger partial charge on any atom is -0.479 e. The standard InChI is InChI=1S/C7H12O8/c1-7(15,6(13)14)4(10)2(8)3(9)5(11)12/h2-4,8-10,15H,1H3,(H,11,12)(H,13,14). The van der Waals surface area contributed by atoms with Gasteiger partial charge in [0.05, 0.1) is 0 Å². The summed E-state index contributed by atoms with van der Waals surface area (Å²) in [5.74, 6) is -3.70. The zero-order valence-electron chi connectivity index (χ0n) is 7.73. The Morgan fingerprint density at radius 3 is 1.80 bits per heavy atom. The summed E-state index contributed by atoms with van der Waals surface area (Å²) in [6.07, 6.45) is -7.03. The summed E-state index contributed by atoms with van der Waals surface area (Å²) in [4.78, 5) is 20.6. The molecule has 0 aliphatic heterocycles. The van der Waals surface area contributed by atoms with Crippen molar-refractivity contribution < 1.29 is 40.2 Å². The van der Waals surface area contributed by atoms with Crippen LogP contribution in [0.1, 0.15) is 6.92 Å². The summed E-state index contributed by atoms with van der Waals surface area (Å²) in [5, 5.41) is 52.8. The van der Waals surface area contributed by atoms with Crippen LogP contribution in [0.15, 0.2) is 0 Å². The van der Waals surface area contributed by atoms with Crippen LogP contribution in [0.25, 0.3) is 0 Å². The number of aliphatic hydroxyl groups excluding tert-OH is 3. The number of carboxylic acids is 2. The van der Waals surface area contributed by atoms with Crippen molar-refractivity contribution in [3.63, 3.8) is 0 Å². The number of carboxylic acid groups (broad SMARTS) is 2. The van der Waals surface area contributed by atoms with Crippen LogP contribution in [0.5, 0.6) is 0 Å². The molecule has 8 heteroatoms. The smallest absolute Gasteiger partial charge is 0.338 e. The molecule has 4 unspecified atom stereocenters. The third-order valence-electron chi connectivity index (χ3n) is 1.91. The molecule has 0 aliphatic rings. The van der Waals surface area contributed by atoms with Crippen LogP contribution in [0.2, 0.25) is 0 Å². The average molecular weight is 224 g/mol. The molecule has 0 saturated heterocycles. The molecule has 0 heterocycles. The number of hydrogen-bond donors (Lipinski definition) is 6. The molecule has 88 valence electrons. The average Bonchev–Trinajstić information content (AvgIpc) is 2.13. The van der Waals surface area contributed by atoms with Crippen molar-refractivity contribution in [3.05, 3.63) is 0 Å². The molecule has 0 aromatic rings. The molecule has 0 fully saturated rings. The highest BCUT2D eigenvalue weighted by molar-refractivity contribution is 5.78. The molecule has 0 aromatic carbocycles. The number of hydrogen-bond acceptors (Lipinski definition) is 6. The Balaban J connectivity index is 4.78. The second-order valence-corrected chi connectivity index (χ2v) is 3.17. The minimum atomic E-state index is -2.75. The van der Waals surface area contributed by atoms with Gasteiger partial charge in [0.2, 0.25) is 0 Å². The second-order valence-electron chi connectivity index (χ2n) is 3.17. The van der Waals surface area contributed by atoms with Crippen LogP contribution in [0.4, 0.5) is 0 Å². The van der Waals surface area contributed by atoms with Gasteiger partial charge in [-0.2, -0.15) is 0 Å². The molecule has 0 rings (SSSR count). The summed E-state index contributed by atoms with van der Waals surface area (Å²) in [5.41, 5.74) is -2.75. The van der Waals surface area contributed by atoms with Gasteiger partial charge in [0.1, 0.15) is 12.2 Å². The van der Waals surface area contributed by atoms with E-state index >= 15 is 0 Å². The van der Waals surface area contributed by atoms with Crippen molar-refractivity contribution in [1.82, 2.24) is 0 Å². The van der Waals surface area contributed by atoms with Crippen molar-refractivity contribution in [2.45, 2.75) is 30.8 Å². The predicted octanol–water partition coefficient (Wildman–Crippen LogP) is -3.01. The van der Waals surface area contributed by atoms with Gasteiger partial charge in [0.15, 0.2) is 11.7 Å². The van der Waals surface area contributed by atoms with Crippen molar-refractivity contribution in [2.24, 2.45) is 0 Å². The fraction of sp³-hybridized carbons (Fsp3) is 0.714. The van der Waals surface area contributed by atoms with Crippen LogP contribution >= 0.6 is 0 Å². The first-order chi connectivity index (χ1) is 6.62. The third-order valence-corrected chi connectivity index (χ3v) is 1.91. The van der Waals surface area contributed by atoms with Gasteiger partial charge in [0.25, 0.3) is 0 Å². The van der Waals surface area contributed by atoms with Crippen molar-refractivity contribution in [3.8, 4) is 0 Å². The van der Waals surface area contributed by atoms with Crippen molar-refractivity contribution >= 4 is 11.9 Å². The summed E-state index contributed by atoms with van der Waals surface area (Å²) in [7, 11) is 0. The number of aliphatic carboxylic acids is 2. The molecule has 4 atom stereocenters. The molecule has 6 N–H and O–H groups in total. The van der Waals surface area contributed by atoms with E-state index < -0.39 is 35.9 Å². The maximum absolute atomic E-state index is 10.4. The molecule has 0 radical (unpaired) electrons. The summed E-state index contributed by atoms with van der Waals surface area (Å²) in [6, 6.07) is 0. The van der Waals surface area contributed by atoms with E-state index in [-0.39, 0.29) is 0 Å². The first kappa shape index (κ1) is 13.8. The van der Waals surface area contributed by atoms with Gasteiger partial charge in [-0.3, -0.25) is 0 Å². The Bertz CT molecular complexity index is 260. The van der Waals surface area contributed by atoms with Gasteiger partial charge < -0.3 is 30.6 Å². The number of aliphatic hydroxyl groups is 4. The fourth-order valence-electron chi connectivity index (χ4n) is 0.778. The molecule has 0 aromatic heterocycles. The molecule has 8 nitrogen and oxygen atoms in total. The molecule has 0 bridgehead atoms. The zero-order chi connectivity index (χ0) is 12.4. The lowest BCUT2D eigenvalue weighted by atomic mass is 9.92. The lowest BCUT2D eigenvalue weighted by molar-refractivity contribution is -0.190. The largest absolute Gasteiger partial charge is 0.479 e. The van der Waals surface area contributed by atoms with Crippen LogP contribution in [-0.4, -0.2) is 66.5 Å². The van der Waals surface area contributed by atoms with Crippen LogP contribution in [-0.2, 0) is 9.59 Å². The van der Waals surface area contributed by atoms with Crippen LogP contribution < -0.4 is 0 Å². The van der Waals surface area contributed by atoms with E-state index in [0.29, 0.717) is 6.92 Å². The van der Waals surface area contributed by atoms with E-state index in [2.05, 4.69) is 0 Å².